The van der Waals surface area contributed by atoms with Gasteiger partial charge in [-0.05, 0) is 18.8 Å². The van der Waals surface area contributed by atoms with Crippen molar-refractivity contribution in [2.75, 3.05) is 25.4 Å². The summed E-state index contributed by atoms with van der Waals surface area (Å²) in [6.07, 6.45) is 6.82. The SMILES string of the molecule is NS(=O)(=O)CC1CCN(C(=O)NCCCn2ccnc2)C1. The molecule has 3 N–H and O–H groups in total. The average molecular weight is 315 g/mol. The van der Waals surface area contributed by atoms with Crippen molar-refractivity contribution in [3.8, 4) is 0 Å². The van der Waals surface area contributed by atoms with Gasteiger partial charge in [0.15, 0.2) is 0 Å². The molecule has 0 bridgehead atoms. The highest BCUT2D eigenvalue weighted by molar-refractivity contribution is 7.89. The smallest absolute Gasteiger partial charge is 0.317 e. The van der Waals surface area contributed by atoms with Crippen LogP contribution in [-0.4, -0.2) is 54.3 Å². The van der Waals surface area contributed by atoms with E-state index in [1.807, 2.05) is 10.8 Å². The van der Waals surface area contributed by atoms with Crippen molar-refractivity contribution in [3.05, 3.63) is 18.7 Å². The van der Waals surface area contributed by atoms with Gasteiger partial charge in [0.05, 0.1) is 12.1 Å². The van der Waals surface area contributed by atoms with E-state index in [0.29, 0.717) is 26.1 Å². The lowest BCUT2D eigenvalue weighted by atomic mass is 10.2. The maximum atomic E-state index is 11.9. The zero-order valence-corrected chi connectivity index (χ0v) is 12.6. The number of primary sulfonamides is 1. The number of nitrogens with zero attached hydrogens (tertiary/aromatic N) is 3. The van der Waals surface area contributed by atoms with Crippen LogP contribution in [0.15, 0.2) is 18.7 Å². The molecule has 9 heteroatoms. The molecule has 1 saturated heterocycles. The molecule has 1 unspecified atom stereocenters. The second kappa shape index (κ2) is 6.90. The number of imidazole rings is 1. The minimum atomic E-state index is -3.47. The zero-order valence-electron chi connectivity index (χ0n) is 11.8. The van der Waals surface area contributed by atoms with Crippen molar-refractivity contribution in [1.82, 2.24) is 19.8 Å². The predicted molar refractivity (Wildman–Crippen MR) is 77.9 cm³/mol. The maximum Gasteiger partial charge on any atom is 0.317 e. The first-order valence-electron chi connectivity index (χ1n) is 6.93. The van der Waals surface area contributed by atoms with Gasteiger partial charge in [-0.2, -0.15) is 0 Å². The van der Waals surface area contributed by atoms with Crippen LogP contribution in [0.1, 0.15) is 12.8 Å². The Labute approximate surface area is 124 Å². The number of sulfonamides is 1. The van der Waals surface area contributed by atoms with E-state index in [-0.39, 0.29) is 17.7 Å². The van der Waals surface area contributed by atoms with Crippen molar-refractivity contribution in [3.63, 3.8) is 0 Å². The molecular formula is C12H21N5O3S. The number of hydrogen-bond acceptors (Lipinski definition) is 4. The molecular weight excluding hydrogens is 294 g/mol. The summed E-state index contributed by atoms with van der Waals surface area (Å²) in [6, 6.07) is -0.141. The summed E-state index contributed by atoms with van der Waals surface area (Å²) in [5.41, 5.74) is 0. The topological polar surface area (TPSA) is 110 Å². The molecule has 1 aromatic heterocycles. The third-order valence-electron chi connectivity index (χ3n) is 3.47. The molecule has 1 fully saturated rings. The standard InChI is InChI=1S/C12H21N5O3S/c13-21(19,20)9-11-2-6-17(8-11)12(18)15-3-1-5-16-7-4-14-10-16/h4,7,10-11H,1-3,5-6,8-9H2,(H,15,18)(H2,13,19,20). The summed E-state index contributed by atoms with van der Waals surface area (Å²) >= 11 is 0. The molecule has 1 aliphatic rings. The molecule has 2 amide bonds. The van der Waals surface area contributed by atoms with Gasteiger partial charge in [0, 0.05) is 38.6 Å². The monoisotopic (exact) mass is 315 g/mol. The number of aromatic nitrogens is 2. The Bertz CT molecular complexity index is 557. The Hall–Kier alpha value is -1.61. The van der Waals surface area contributed by atoms with Gasteiger partial charge in [0.2, 0.25) is 10.0 Å². The van der Waals surface area contributed by atoms with E-state index in [0.717, 1.165) is 13.0 Å². The number of carbonyl (C=O) groups is 1. The van der Waals surface area contributed by atoms with Gasteiger partial charge in [-0.25, -0.2) is 23.3 Å². The molecule has 21 heavy (non-hydrogen) atoms. The van der Waals surface area contributed by atoms with E-state index >= 15 is 0 Å². The Morgan fingerprint density at radius 1 is 1.48 bits per heavy atom. The fourth-order valence-electron chi connectivity index (χ4n) is 2.47. The molecule has 118 valence electrons. The van der Waals surface area contributed by atoms with Gasteiger partial charge in [-0.15, -0.1) is 0 Å². The van der Waals surface area contributed by atoms with Crippen LogP contribution in [0.4, 0.5) is 4.79 Å². The molecule has 1 aliphatic heterocycles. The minimum absolute atomic E-state index is 0.0581. The van der Waals surface area contributed by atoms with E-state index in [4.69, 9.17) is 5.14 Å². The van der Waals surface area contributed by atoms with Crippen molar-refractivity contribution in [1.29, 1.82) is 0 Å². The van der Waals surface area contributed by atoms with E-state index in [1.54, 1.807) is 17.4 Å². The van der Waals surface area contributed by atoms with Gasteiger partial charge in [0.1, 0.15) is 0 Å². The first-order valence-corrected chi connectivity index (χ1v) is 8.64. The Morgan fingerprint density at radius 2 is 2.29 bits per heavy atom. The minimum Gasteiger partial charge on any atom is -0.338 e. The van der Waals surface area contributed by atoms with Gasteiger partial charge in [0.25, 0.3) is 0 Å². The van der Waals surface area contributed by atoms with Gasteiger partial charge in [-0.3, -0.25) is 0 Å². The molecule has 2 heterocycles. The van der Waals surface area contributed by atoms with Crippen LogP contribution in [0.2, 0.25) is 0 Å². The summed E-state index contributed by atoms with van der Waals surface area (Å²) in [6.45, 7) is 2.40. The molecule has 0 aromatic carbocycles. The molecule has 0 spiro atoms. The zero-order chi connectivity index (χ0) is 15.3. The van der Waals surface area contributed by atoms with Crippen LogP contribution in [0.3, 0.4) is 0 Å². The number of nitrogens with two attached hydrogens (primary N) is 1. The van der Waals surface area contributed by atoms with E-state index in [1.165, 1.54) is 0 Å². The van der Waals surface area contributed by atoms with E-state index in [2.05, 4.69) is 10.3 Å². The van der Waals surface area contributed by atoms with Crippen molar-refractivity contribution < 1.29 is 13.2 Å². The molecule has 0 saturated carbocycles. The summed E-state index contributed by atoms with van der Waals surface area (Å²) in [4.78, 5) is 17.5. The van der Waals surface area contributed by atoms with E-state index < -0.39 is 10.0 Å². The number of aryl methyl sites for hydroxylation is 1. The first-order chi connectivity index (χ1) is 9.94. The highest BCUT2D eigenvalue weighted by Crippen LogP contribution is 2.17. The van der Waals surface area contributed by atoms with Crippen molar-refractivity contribution in [2.24, 2.45) is 11.1 Å². The number of amides is 2. The maximum absolute atomic E-state index is 11.9. The number of nitrogens with one attached hydrogen (secondary N) is 1. The highest BCUT2D eigenvalue weighted by atomic mass is 32.2. The highest BCUT2D eigenvalue weighted by Gasteiger charge is 2.28. The lowest BCUT2D eigenvalue weighted by Crippen LogP contribution is -2.39. The van der Waals surface area contributed by atoms with Gasteiger partial charge < -0.3 is 14.8 Å². The summed E-state index contributed by atoms with van der Waals surface area (Å²) in [7, 11) is -3.47. The normalized spacial score (nSPS) is 18.9. The fourth-order valence-corrected chi connectivity index (χ4v) is 3.40. The quantitative estimate of drug-likeness (QED) is 0.695. The van der Waals surface area contributed by atoms with Gasteiger partial charge >= 0.3 is 6.03 Å². The second-order valence-corrected chi connectivity index (χ2v) is 6.98. The fraction of sp³-hybridized carbons (Fsp3) is 0.667. The van der Waals surface area contributed by atoms with Crippen LogP contribution in [0.5, 0.6) is 0 Å². The third-order valence-corrected chi connectivity index (χ3v) is 4.41. The number of rotatable bonds is 6. The van der Waals surface area contributed by atoms with Crippen LogP contribution in [0.25, 0.3) is 0 Å². The van der Waals surface area contributed by atoms with Crippen LogP contribution < -0.4 is 10.5 Å². The summed E-state index contributed by atoms with van der Waals surface area (Å²) < 4.78 is 24.0. The first kappa shape index (κ1) is 15.8. The molecule has 0 radical (unpaired) electrons. The lowest BCUT2D eigenvalue weighted by molar-refractivity contribution is 0.207. The molecule has 1 atom stereocenters. The van der Waals surface area contributed by atoms with Crippen molar-refractivity contribution >= 4 is 16.1 Å². The van der Waals surface area contributed by atoms with Crippen molar-refractivity contribution in [2.45, 2.75) is 19.4 Å². The number of urea groups is 1. The van der Waals surface area contributed by atoms with E-state index in [9.17, 15) is 13.2 Å². The summed E-state index contributed by atoms with van der Waals surface area (Å²) in [5.74, 6) is -0.117. The average Bonchev–Trinajstić information content (AvgIpc) is 3.03. The lowest BCUT2D eigenvalue weighted by Gasteiger charge is -2.17. The Balaban J connectivity index is 1.65. The van der Waals surface area contributed by atoms with Crippen LogP contribution in [-0.2, 0) is 16.6 Å². The second-order valence-electron chi connectivity index (χ2n) is 5.32. The molecule has 0 aliphatic carbocycles. The Kier molecular flexibility index (Phi) is 5.18. The van der Waals surface area contributed by atoms with Crippen LogP contribution in [0, 0.1) is 5.92 Å². The molecule has 1 aromatic rings. The summed E-state index contributed by atoms with van der Waals surface area (Å²) in [5, 5.41) is 7.87. The number of likely N-dealkylation sites (tertiary alicyclic amines) is 1. The predicted octanol–water partition coefficient (Wildman–Crippen LogP) is -0.407. The number of carbonyl (C=O) groups excluding carboxylic acids is 1. The third kappa shape index (κ3) is 5.35. The Morgan fingerprint density at radius 3 is 2.95 bits per heavy atom. The number of hydrogen-bond donors (Lipinski definition) is 2. The van der Waals surface area contributed by atoms with Crippen LogP contribution >= 0.6 is 0 Å². The van der Waals surface area contributed by atoms with Gasteiger partial charge in [-0.1, -0.05) is 0 Å². The molecule has 8 nitrogen and oxygen atoms in total. The molecule has 2 rings (SSSR count). The largest absolute Gasteiger partial charge is 0.338 e.